The fraction of sp³-hybridized carbons (Fsp3) is 0.884. The van der Waals surface area contributed by atoms with Gasteiger partial charge in [-0.25, -0.2) is 9.59 Å². The van der Waals surface area contributed by atoms with Gasteiger partial charge in [-0.1, -0.05) is 0 Å². The van der Waals surface area contributed by atoms with Crippen LogP contribution in [-0.2, 0) is 71.3 Å². The Morgan fingerprint density at radius 2 is 1.06 bits per heavy atom. The molecule has 3 amide bonds. The summed E-state index contributed by atoms with van der Waals surface area (Å²) in [5, 5.41) is 181. The number of carbonyl (C=O) groups is 5. The highest BCUT2D eigenvalue weighted by molar-refractivity contribution is 5.77. The molecule has 5 rings (SSSR count). The first kappa shape index (κ1) is 64.2. The summed E-state index contributed by atoms with van der Waals surface area (Å²) in [7, 11) is 1.09. The molecule has 0 saturated carbocycles. The molecule has 5 heterocycles. The number of methoxy groups -OCH3 is 1. The first-order chi connectivity index (χ1) is 36.2. The molecule has 0 aromatic rings. The molecule has 0 aromatic heterocycles. The summed E-state index contributed by atoms with van der Waals surface area (Å²) in [6, 6.07) is -5.20. The van der Waals surface area contributed by atoms with Crippen LogP contribution in [-0.4, -0.2) is 310 Å². The van der Waals surface area contributed by atoms with Crippen LogP contribution < -0.4 is 16.0 Å². The molecule has 0 bridgehead atoms. The second kappa shape index (κ2) is 27.2. The normalized spacial score (nSPS) is 42.8. The molecule has 5 aliphatic heterocycles. The van der Waals surface area contributed by atoms with Crippen LogP contribution in [0.15, 0.2) is 0 Å². The third-order valence-electron chi connectivity index (χ3n) is 13.6. The van der Waals surface area contributed by atoms with Crippen molar-refractivity contribution in [3.63, 3.8) is 0 Å². The van der Waals surface area contributed by atoms with E-state index in [1.165, 1.54) is 0 Å². The molecule has 26 atom stereocenters. The number of ether oxygens (including phenoxy) is 10. The van der Waals surface area contributed by atoms with Gasteiger partial charge >= 0.3 is 11.9 Å². The lowest BCUT2D eigenvalue weighted by atomic mass is 9.87. The van der Waals surface area contributed by atoms with Crippen LogP contribution in [0.4, 0.5) is 0 Å². The molecule has 24 unspecified atom stereocenters. The first-order valence-corrected chi connectivity index (χ1v) is 24.1. The molecule has 0 radical (unpaired) electrons. The Hall–Kier alpha value is -3.61. The molecule has 34 nitrogen and oxygen atoms in total. The monoisotopic (exact) mass is 1130 g/mol. The molecule has 77 heavy (non-hydrogen) atoms. The highest BCUT2D eigenvalue weighted by Crippen LogP contribution is 2.42. The van der Waals surface area contributed by atoms with Crippen LogP contribution in [0.3, 0.4) is 0 Å². The Kier molecular flexibility index (Phi) is 22.7. The number of nitrogens with one attached hydrogen (secondary N) is 3. The Balaban J connectivity index is 1.61. The van der Waals surface area contributed by atoms with Gasteiger partial charge in [0.1, 0.15) is 91.5 Å². The van der Waals surface area contributed by atoms with Crippen molar-refractivity contribution < 1.29 is 153 Å². The summed E-state index contributed by atoms with van der Waals surface area (Å²) < 4.78 is 57.4. The van der Waals surface area contributed by atoms with Crippen LogP contribution in [0.1, 0.15) is 40.0 Å². The molecule has 0 aromatic carbocycles. The van der Waals surface area contributed by atoms with Gasteiger partial charge in [0.2, 0.25) is 17.7 Å². The Morgan fingerprint density at radius 1 is 0.558 bits per heavy atom. The van der Waals surface area contributed by atoms with E-state index in [0.717, 1.165) is 27.9 Å². The second-order valence-corrected chi connectivity index (χ2v) is 19.1. The van der Waals surface area contributed by atoms with Gasteiger partial charge in [0.25, 0.3) is 11.6 Å². The van der Waals surface area contributed by atoms with E-state index in [9.17, 15) is 106 Å². The molecular formula is C43H71N3O31. The number of amides is 3. The molecule has 5 fully saturated rings. The molecule has 0 spiro atoms. The average molecular weight is 1130 g/mol. The van der Waals surface area contributed by atoms with Crippen molar-refractivity contribution in [3.8, 4) is 0 Å². The minimum atomic E-state index is -3.48. The van der Waals surface area contributed by atoms with Gasteiger partial charge < -0.3 is 145 Å². The van der Waals surface area contributed by atoms with Crippen LogP contribution >= 0.6 is 0 Å². The van der Waals surface area contributed by atoms with Gasteiger partial charge in [-0.3, -0.25) is 14.4 Å². The summed E-state index contributed by atoms with van der Waals surface area (Å²) in [5.41, 5.74) is 0. The molecule has 0 aliphatic carbocycles. The minimum absolute atomic E-state index is 0.658. The van der Waals surface area contributed by atoms with E-state index in [0.29, 0.717) is 0 Å². The molecular weight excluding hydrogens is 1050 g/mol. The standard InChI is InChI=1S/C43H71N3O31/c1-13(52)44-24-17(56)6-42(40(64)65,74-19(24)5-16(55)8-47)75-21(10-49)28(59)35-25(45-14(2)53)18(57)7-43(76-35,41(66)67)77-36-32(63)39(72-33-22(11-50)70-38(68-4)31(62)30(33)61)71-23(12-51)34(36)73-37-26(46-15(3)54)29(60)27(58)20(9-48)69-37/h16-39,47-51,55-63H,5-12H2,1-4H3,(H,44,52)(H,45,53)(H,46,54)(H,64,65)(H,66,67)/t16-,17?,18?,19?,20?,21?,22?,23?,24?,25?,26?,27?,28+,29?,30?,31?,32?,33?,34?,35?,36?,37?,38?,39?,42?,43?/m0/s1. The lowest BCUT2D eigenvalue weighted by Gasteiger charge is -2.52. The molecule has 444 valence electrons. The van der Waals surface area contributed by atoms with Crippen molar-refractivity contribution in [3.05, 3.63) is 0 Å². The predicted molar refractivity (Wildman–Crippen MR) is 239 cm³/mol. The van der Waals surface area contributed by atoms with E-state index >= 15 is 0 Å². The number of aliphatic hydroxyl groups excluding tert-OH is 14. The number of aliphatic hydroxyl groups is 14. The molecule has 19 N–H and O–H groups in total. The largest absolute Gasteiger partial charge is 0.477 e. The zero-order chi connectivity index (χ0) is 57.6. The predicted octanol–water partition coefficient (Wildman–Crippen LogP) is -11.4. The smallest absolute Gasteiger partial charge is 0.364 e. The molecule has 5 saturated heterocycles. The van der Waals surface area contributed by atoms with E-state index in [1.54, 1.807) is 0 Å². The first-order valence-electron chi connectivity index (χ1n) is 24.1. The van der Waals surface area contributed by atoms with Crippen molar-refractivity contribution in [1.82, 2.24) is 16.0 Å². The Bertz CT molecular complexity index is 1980. The number of rotatable bonds is 23. The second-order valence-electron chi connectivity index (χ2n) is 19.1. The topological polar surface area (TPSA) is 537 Å². The number of hydrogen-bond acceptors (Lipinski definition) is 29. The molecule has 34 heteroatoms. The van der Waals surface area contributed by atoms with Crippen molar-refractivity contribution in [2.75, 3.05) is 40.1 Å². The van der Waals surface area contributed by atoms with Crippen LogP contribution in [0, 0.1) is 0 Å². The minimum Gasteiger partial charge on any atom is -0.477 e. The average Bonchev–Trinajstić information content (AvgIpc) is 3.39. The van der Waals surface area contributed by atoms with Gasteiger partial charge in [-0.15, -0.1) is 0 Å². The highest BCUT2D eigenvalue weighted by Gasteiger charge is 2.63. The van der Waals surface area contributed by atoms with Gasteiger partial charge in [0.15, 0.2) is 18.9 Å². The number of aliphatic carboxylic acids is 2. The molecule has 5 aliphatic rings. The van der Waals surface area contributed by atoms with Crippen molar-refractivity contribution in [2.24, 2.45) is 0 Å². The zero-order valence-electron chi connectivity index (χ0n) is 41.8. The number of carboxylic acids is 2. The van der Waals surface area contributed by atoms with Crippen LogP contribution in [0.2, 0.25) is 0 Å². The van der Waals surface area contributed by atoms with E-state index in [-0.39, 0.29) is 0 Å². The fourth-order valence-corrected chi connectivity index (χ4v) is 9.82. The van der Waals surface area contributed by atoms with Crippen molar-refractivity contribution >= 4 is 29.7 Å². The third kappa shape index (κ3) is 14.3. The summed E-state index contributed by atoms with van der Waals surface area (Å²) in [6.07, 6.45) is -45.9. The number of carbonyl (C=O) groups excluding carboxylic acids is 3. The summed E-state index contributed by atoms with van der Waals surface area (Å²) in [6.45, 7) is -2.61. The quantitative estimate of drug-likeness (QED) is 0.0452. The van der Waals surface area contributed by atoms with Gasteiger partial charge in [-0.2, -0.15) is 0 Å². The van der Waals surface area contributed by atoms with Crippen LogP contribution in [0.25, 0.3) is 0 Å². The Labute approximate surface area is 436 Å². The summed E-state index contributed by atoms with van der Waals surface area (Å²) in [5.74, 6) is -13.5. The van der Waals surface area contributed by atoms with Crippen LogP contribution in [0.5, 0.6) is 0 Å². The number of carboxylic acid groups (broad SMARTS) is 2. The number of hydrogen-bond donors (Lipinski definition) is 19. The lowest BCUT2D eigenvalue weighted by Crippen LogP contribution is -2.72. The van der Waals surface area contributed by atoms with Crippen molar-refractivity contribution in [1.29, 1.82) is 0 Å². The SMILES string of the molecule is COC1OC(CO)C(OC2OC(CO)C(OC3OC(CO)C(O)C(O)C3NC(C)=O)C(OC3(C(=O)O)CC(O)C(NC(C)=O)C([C@H](O)C(CO)OC4(C(=O)O)CC(O)C(NC(C)=O)C(C[C@H](O)CO)O4)O3)C2O)C(O)C1O. The van der Waals surface area contributed by atoms with Gasteiger partial charge in [0.05, 0.1) is 69.5 Å². The van der Waals surface area contributed by atoms with E-state index in [4.69, 9.17) is 47.4 Å². The highest BCUT2D eigenvalue weighted by atomic mass is 16.8. The maximum absolute atomic E-state index is 13.8. The van der Waals surface area contributed by atoms with E-state index in [1.807, 2.05) is 0 Å². The van der Waals surface area contributed by atoms with E-state index in [2.05, 4.69) is 16.0 Å². The lowest BCUT2D eigenvalue weighted by molar-refractivity contribution is -0.401. The Morgan fingerprint density at radius 3 is 1.60 bits per heavy atom. The summed E-state index contributed by atoms with van der Waals surface area (Å²) in [4.78, 5) is 63.9. The maximum Gasteiger partial charge on any atom is 0.364 e. The third-order valence-corrected chi connectivity index (χ3v) is 13.6. The van der Waals surface area contributed by atoms with Gasteiger partial charge in [-0.05, 0) is 0 Å². The fourth-order valence-electron chi connectivity index (χ4n) is 9.82. The zero-order valence-corrected chi connectivity index (χ0v) is 41.8. The van der Waals surface area contributed by atoms with Gasteiger partial charge in [0, 0.05) is 47.1 Å². The van der Waals surface area contributed by atoms with E-state index < -0.39 is 240 Å². The van der Waals surface area contributed by atoms with Crippen molar-refractivity contribution in [2.45, 2.75) is 198 Å². The summed E-state index contributed by atoms with van der Waals surface area (Å²) >= 11 is 0. The maximum atomic E-state index is 13.8.